The molecule has 1 aliphatic heterocycles. The summed E-state index contributed by atoms with van der Waals surface area (Å²) in [7, 11) is 0. The first-order valence-corrected chi connectivity index (χ1v) is 8.93. The highest BCUT2D eigenvalue weighted by molar-refractivity contribution is 7.98. The second-order valence-corrected chi connectivity index (χ2v) is 6.65. The lowest BCUT2D eigenvalue weighted by molar-refractivity contribution is -0.117. The first kappa shape index (κ1) is 18.2. The zero-order chi connectivity index (χ0) is 15.5. The van der Waals surface area contributed by atoms with E-state index in [4.69, 9.17) is 15.2 Å². The lowest BCUT2D eigenvalue weighted by atomic mass is 10.00. The zero-order valence-electron chi connectivity index (χ0n) is 13.2. The van der Waals surface area contributed by atoms with E-state index in [1.807, 2.05) is 18.4 Å². The number of carbonyl (C=O) groups excluding carboxylic acids is 1. The Kier molecular flexibility index (Phi) is 6.44. The Hall–Kier alpha value is -1.11. The predicted molar refractivity (Wildman–Crippen MR) is 95.0 cm³/mol. The SMILES string of the molecule is CSc1cc2c(cc1NC(=O)C[C@@H]1CCC[C@H]1N)OCCO2.Cl. The molecule has 128 valence electrons. The van der Waals surface area contributed by atoms with Gasteiger partial charge in [-0.15, -0.1) is 24.2 Å². The van der Waals surface area contributed by atoms with E-state index in [0.29, 0.717) is 31.3 Å². The van der Waals surface area contributed by atoms with Gasteiger partial charge in [-0.3, -0.25) is 4.79 Å². The van der Waals surface area contributed by atoms with Crippen molar-refractivity contribution in [1.29, 1.82) is 0 Å². The summed E-state index contributed by atoms with van der Waals surface area (Å²) in [4.78, 5) is 13.3. The van der Waals surface area contributed by atoms with Crippen molar-refractivity contribution in [1.82, 2.24) is 0 Å². The van der Waals surface area contributed by atoms with Gasteiger partial charge in [0.15, 0.2) is 11.5 Å². The molecule has 1 heterocycles. The van der Waals surface area contributed by atoms with E-state index in [1.54, 1.807) is 11.8 Å². The van der Waals surface area contributed by atoms with Crippen LogP contribution in [-0.4, -0.2) is 31.4 Å². The van der Waals surface area contributed by atoms with Crippen LogP contribution in [-0.2, 0) is 4.79 Å². The van der Waals surface area contributed by atoms with Crippen LogP contribution < -0.4 is 20.5 Å². The zero-order valence-corrected chi connectivity index (χ0v) is 14.8. The molecule has 0 aromatic heterocycles. The molecule has 1 aliphatic carbocycles. The molecule has 1 saturated carbocycles. The Balaban J connectivity index is 0.00000192. The Morgan fingerprint density at radius 1 is 1.30 bits per heavy atom. The van der Waals surface area contributed by atoms with Gasteiger partial charge in [-0.1, -0.05) is 6.42 Å². The van der Waals surface area contributed by atoms with Crippen molar-refractivity contribution in [3.63, 3.8) is 0 Å². The highest BCUT2D eigenvalue weighted by Crippen LogP contribution is 2.39. The number of nitrogens with one attached hydrogen (secondary N) is 1. The molecule has 2 atom stereocenters. The maximum atomic E-state index is 12.3. The van der Waals surface area contributed by atoms with Gasteiger partial charge >= 0.3 is 0 Å². The normalized spacial score (nSPS) is 22.3. The fourth-order valence-corrected chi connectivity index (χ4v) is 3.65. The summed E-state index contributed by atoms with van der Waals surface area (Å²) in [5, 5.41) is 3.01. The van der Waals surface area contributed by atoms with Gasteiger partial charge in [0.25, 0.3) is 0 Å². The van der Waals surface area contributed by atoms with Crippen LogP contribution in [0.25, 0.3) is 0 Å². The Bertz CT molecular complexity index is 571. The molecule has 0 bridgehead atoms. The third-order valence-electron chi connectivity index (χ3n) is 4.30. The summed E-state index contributed by atoms with van der Waals surface area (Å²) in [6.07, 6.45) is 5.67. The van der Waals surface area contributed by atoms with Gasteiger partial charge in [-0.05, 0) is 31.1 Å². The molecule has 3 rings (SSSR count). The molecule has 2 aliphatic rings. The van der Waals surface area contributed by atoms with E-state index in [2.05, 4.69) is 5.32 Å². The third-order valence-corrected chi connectivity index (χ3v) is 5.08. The number of hydrogen-bond acceptors (Lipinski definition) is 5. The number of thioether (sulfide) groups is 1. The van der Waals surface area contributed by atoms with Crippen LogP contribution in [0.15, 0.2) is 17.0 Å². The van der Waals surface area contributed by atoms with Crippen molar-refractivity contribution in [2.75, 3.05) is 24.8 Å². The predicted octanol–water partition coefficient (Wildman–Crippen LogP) is 3.06. The maximum absolute atomic E-state index is 12.3. The minimum Gasteiger partial charge on any atom is -0.486 e. The molecule has 5 nitrogen and oxygen atoms in total. The van der Waals surface area contributed by atoms with E-state index in [1.165, 1.54) is 0 Å². The van der Waals surface area contributed by atoms with Crippen LogP contribution in [0.4, 0.5) is 5.69 Å². The quantitative estimate of drug-likeness (QED) is 0.809. The average Bonchev–Trinajstić information content (AvgIpc) is 2.91. The number of fused-ring (bicyclic) bond motifs is 1. The Morgan fingerprint density at radius 3 is 2.61 bits per heavy atom. The summed E-state index contributed by atoms with van der Waals surface area (Å²) in [5.41, 5.74) is 6.83. The minimum atomic E-state index is 0. The van der Waals surface area contributed by atoms with Crippen LogP contribution in [0.1, 0.15) is 25.7 Å². The van der Waals surface area contributed by atoms with Crippen LogP contribution in [0, 0.1) is 5.92 Å². The molecule has 23 heavy (non-hydrogen) atoms. The summed E-state index contributed by atoms with van der Waals surface area (Å²) in [5.74, 6) is 1.76. The second kappa shape index (κ2) is 8.13. The molecule has 1 amide bonds. The van der Waals surface area contributed by atoms with Crippen molar-refractivity contribution in [2.45, 2.75) is 36.6 Å². The fourth-order valence-electron chi connectivity index (χ4n) is 3.10. The number of halogens is 1. The van der Waals surface area contributed by atoms with E-state index in [9.17, 15) is 4.79 Å². The van der Waals surface area contributed by atoms with Crippen molar-refractivity contribution in [3.05, 3.63) is 12.1 Å². The second-order valence-electron chi connectivity index (χ2n) is 5.80. The van der Waals surface area contributed by atoms with Gasteiger partial charge in [0.05, 0.1) is 5.69 Å². The minimum absolute atomic E-state index is 0. The van der Waals surface area contributed by atoms with Crippen molar-refractivity contribution in [3.8, 4) is 11.5 Å². The number of rotatable bonds is 4. The van der Waals surface area contributed by atoms with Crippen LogP contribution >= 0.6 is 24.2 Å². The first-order chi connectivity index (χ1) is 10.7. The number of benzene rings is 1. The highest BCUT2D eigenvalue weighted by Gasteiger charge is 2.26. The molecule has 0 saturated heterocycles. The smallest absolute Gasteiger partial charge is 0.224 e. The molecular weight excluding hydrogens is 336 g/mol. The summed E-state index contributed by atoms with van der Waals surface area (Å²) in [6.45, 7) is 1.10. The van der Waals surface area contributed by atoms with Crippen LogP contribution in [0.3, 0.4) is 0 Å². The molecule has 3 N–H and O–H groups in total. The lowest BCUT2D eigenvalue weighted by Crippen LogP contribution is -2.28. The van der Waals surface area contributed by atoms with E-state index in [-0.39, 0.29) is 24.4 Å². The van der Waals surface area contributed by atoms with Crippen molar-refractivity contribution < 1.29 is 14.3 Å². The molecule has 0 spiro atoms. The standard InChI is InChI=1S/C16H22N2O3S.ClH/c1-22-15-9-14-13(20-5-6-21-14)8-12(15)18-16(19)7-10-3-2-4-11(10)17;/h8-11H,2-7,17H2,1H3,(H,18,19);1H/t10-,11+;/m0./s1. The number of amides is 1. The van der Waals surface area contributed by atoms with E-state index >= 15 is 0 Å². The fraction of sp³-hybridized carbons (Fsp3) is 0.562. The largest absolute Gasteiger partial charge is 0.486 e. The van der Waals surface area contributed by atoms with Crippen molar-refractivity contribution >= 4 is 35.8 Å². The summed E-state index contributed by atoms with van der Waals surface area (Å²) < 4.78 is 11.2. The van der Waals surface area contributed by atoms with Crippen molar-refractivity contribution in [2.24, 2.45) is 11.7 Å². The topological polar surface area (TPSA) is 73.6 Å². The average molecular weight is 359 g/mol. The van der Waals surface area contributed by atoms with Gasteiger partial charge < -0.3 is 20.5 Å². The number of nitrogens with two attached hydrogens (primary N) is 1. The van der Waals surface area contributed by atoms with Gasteiger partial charge in [0.1, 0.15) is 13.2 Å². The first-order valence-electron chi connectivity index (χ1n) is 7.70. The van der Waals surface area contributed by atoms with Gasteiger partial charge in [-0.25, -0.2) is 0 Å². The number of hydrogen-bond donors (Lipinski definition) is 2. The monoisotopic (exact) mass is 358 g/mol. The summed E-state index contributed by atoms with van der Waals surface area (Å²) >= 11 is 1.58. The van der Waals surface area contributed by atoms with Crippen LogP contribution in [0.2, 0.25) is 0 Å². The molecule has 0 radical (unpaired) electrons. The molecular formula is C16H23ClN2O3S. The lowest BCUT2D eigenvalue weighted by Gasteiger charge is -2.21. The highest BCUT2D eigenvalue weighted by atomic mass is 35.5. The third kappa shape index (κ3) is 4.25. The Morgan fingerprint density at radius 2 is 2.00 bits per heavy atom. The van der Waals surface area contributed by atoms with E-state index < -0.39 is 0 Å². The van der Waals surface area contributed by atoms with Gasteiger partial charge in [0, 0.05) is 23.4 Å². The molecule has 1 aromatic carbocycles. The van der Waals surface area contributed by atoms with Gasteiger partial charge in [-0.2, -0.15) is 0 Å². The molecule has 1 aromatic rings. The molecule has 1 fully saturated rings. The van der Waals surface area contributed by atoms with Crippen LogP contribution in [0.5, 0.6) is 11.5 Å². The maximum Gasteiger partial charge on any atom is 0.224 e. The molecule has 0 unspecified atom stereocenters. The van der Waals surface area contributed by atoms with E-state index in [0.717, 1.165) is 35.6 Å². The number of anilines is 1. The Labute approximate surface area is 147 Å². The molecule has 7 heteroatoms. The number of ether oxygens (including phenoxy) is 2. The van der Waals surface area contributed by atoms with Gasteiger partial charge in [0.2, 0.25) is 5.91 Å². The summed E-state index contributed by atoms with van der Waals surface area (Å²) in [6, 6.07) is 3.94. The number of carbonyl (C=O) groups is 1.